The fraction of sp³-hybridized carbons (Fsp3) is 0.286. The van der Waals surface area contributed by atoms with E-state index in [0.717, 1.165) is 0 Å². The molecule has 1 rings (SSSR count). The maximum absolute atomic E-state index is 11.4. The first-order chi connectivity index (χ1) is 6.90. The Hall–Kier alpha value is -1.12. The summed E-state index contributed by atoms with van der Waals surface area (Å²) in [5.74, 6) is -0.671. The van der Waals surface area contributed by atoms with Crippen molar-refractivity contribution in [2.75, 3.05) is 18.0 Å². The van der Waals surface area contributed by atoms with E-state index in [0.29, 0.717) is 10.6 Å². The van der Waals surface area contributed by atoms with Crippen molar-refractivity contribution in [3.63, 3.8) is 0 Å². The van der Waals surface area contributed by atoms with Gasteiger partial charge in [-0.3, -0.25) is 4.79 Å². The number of anilines is 1. The molecule has 0 aliphatic rings. The van der Waals surface area contributed by atoms with Crippen LogP contribution in [-0.4, -0.2) is 26.6 Å². The van der Waals surface area contributed by atoms with Crippen molar-refractivity contribution in [2.45, 2.75) is 0 Å². The molecule has 0 atom stereocenters. The van der Waals surface area contributed by atoms with Crippen molar-refractivity contribution in [3.05, 3.63) is 16.3 Å². The van der Waals surface area contributed by atoms with Gasteiger partial charge in [0.1, 0.15) is 4.88 Å². The van der Waals surface area contributed by atoms with Crippen molar-refractivity contribution in [2.24, 2.45) is 5.14 Å². The van der Waals surface area contributed by atoms with Crippen LogP contribution in [0, 0.1) is 0 Å². The summed E-state index contributed by atoms with van der Waals surface area (Å²) in [6.07, 6.45) is 0. The number of primary sulfonamides is 1. The summed E-state index contributed by atoms with van der Waals surface area (Å²) >= 11 is 1.20. The molecule has 0 unspecified atom stereocenters. The normalized spacial score (nSPS) is 11.3. The summed E-state index contributed by atoms with van der Waals surface area (Å²) in [5, 5.41) is 8.87. The summed E-state index contributed by atoms with van der Waals surface area (Å²) in [6, 6.07) is 1.61. The predicted octanol–water partition coefficient (Wildman–Crippen LogP) is -0.651. The molecule has 84 valence electrons. The second-order valence-electron chi connectivity index (χ2n) is 2.83. The molecule has 0 spiro atoms. The monoisotopic (exact) mass is 249 g/mol. The molecule has 6 nitrogen and oxygen atoms in total. The number of nitrogens with two attached hydrogens (primary N) is 2. The highest BCUT2D eigenvalue weighted by Gasteiger charge is 2.11. The fourth-order valence-electron chi connectivity index (χ4n) is 0.891. The van der Waals surface area contributed by atoms with Gasteiger partial charge in [-0.2, -0.15) is 0 Å². The number of nitrogen functional groups attached to an aromatic ring is 1. The van der Waals surface area contributed by atoms with Crippen molar-refractivity contribution in [3.8, 4) is 0 Å². The first kappa shape index (κ1) is 12.0. The minimum Gasteiger partial charge on any atom is -0.397 e. The molecule has 5 N–H and O–H groups in total. The van der Waals surface area contributed by atoms with Gasteiger partial charge in [0.25, 0.3) is 5.91 Å². The maximum Gasteiger partial charge on any atom is 0.263 e. The van der Waals surface area contributed by atoms with E-state index in [2.05, 4.69) is 5.32 Å². The summed E-state index contributed by atoms with van der Waals surface area (Å²) in [6.45, 7) is -0.0188. The van der Waals surface area contributed by atoms with Gasteiger partial charge in [0.15, 0.2) is 0 Å². The summed E-state index contributed by atoms with van der Waals surface area (Å²) in [7, 11) is -3.54. The fourth-order valence-corrected chi connectivity index (χ4v) is 2.01. The van der Waals surface area contributed by atoms with Crippen LogP contribution >= 0.6 is 11.3 Å². The molecule has 8 heteroatoms. The lowest BCUT2D eigenvalue weighted by molar-refractivity contribution is 0.0961. The summed E-state index contributed by atoms with van der Waals surface area (Å²) < 4.78 is 21.1. The maximum atomic E-state index is 11.4. The number of thiophene rings is 1. The summed E-state index contributed by atoms with van der Waals surface area (Å²) in [5.41, 5.74) is 5.89. The van der Waals surface area contributed by atoms with E-state index in [4.69, 9.17) is 10.9 Å². The van der Waals surface area contributed by atoms with Crippen LogP contribution in [0.25, 0.3) is 0 Å². The van der Waals surface area contributed by atoms with Crippen LogP contribution in [0.1, 0.15) is 9.67 Å². The first-order valence-electron chi connectivity index (χ1n) is 4.02. The lowest BCUT2D eigenvalue weighted by Gasteiger charge is -2.02. The topological polar surface area (TPSA) is 115 Å². The Kier molecular flexibility index (Phi) is 3.66. The van der Waals surface area contributed by atoms with Crippen LogP contribution < -0.4 is 16.2 Å². The molecular weight excluding hydrogens is 238 g/mol. The zero-order valence-electron chi connectivity index (χ0n) is 7.76. The molecule has 15 heavy (non-hydrogen) atoms. The van der Waals surface area contributed by atoms with Crippen LogP contribution in [-0.2, 0) is 10.0 Å². The molecular formula is C7H11N3O3S2. The van der Waals surface area contributed by atoms with Gasteiger partial charge in [0.05, 0.1) is 11.4 Å². The Morgan fingerprint density at radius 2 is 2.20 bits per heavy atom. The van der Waals surface area contributed by atoms with E-state index >= 15 is 0 Å². The molecule has 0 saturated carbocycles. The van der Waals surface area contributed by atoms with Crippen molar-refractivity contribution in [1.29, 1.82) is 0 Å². The van der Waals surface area contributed by atoms with Crippen LogP contribution in [0.15, 0.2) is 11.4 Å². The van der Waals surface area contributed by atoms with Crippen molar-refractivity contribution < 1.29 is 13.2 Å². The van der Waals surface area contributed by atoms with E-state index in [1.165, 1.54) is 11.3 Å². The number of carbonyl (C=O) groups is 1. The summed E-state index contributed by atoms with van der Waals surface area (Å²) in [4.78, 5) is 11.8. The predicted molar refractivity (Wildman–Crippen MR) is 59.0 cm³/mol. The first-order valence-corrected chi connectivity index (χ1v) is 6.61. The molecule has 0 aromatic carbocycles. The number of nitrogens with one attached hydrogen (secondary N) is 1. The third-order valence-corrected chi connectivity index (χ3v) is 3.28. The Morgan fingerprint density at radius 1 is 1.53 bits per heavy atom. The zero-order chi connectivity index (χ0) is 11.5. The molecule has 0 bridgehead atoms. The van der Waals surface area contributed by atoms with Gasteiger partial charge in [-0.05, 0) is 11.4 Å². The second kappa shape index (κ2) is 4.60. The molecule has 1 amide bonds. The van der Waals surface area contributed by atoms with Crippen LogP contribution in [0.4, 0.5) is 5.69 Å². The van der Waals surface area contributed by atoms with Gasteiger partial charge >= 0.3 is 0 Å². The second-order valence-corrected chi connectivity index (χ2v) is 5.48. The third kappa shape index (κ3) is 3.86. The molecule has 1 heterocycles. The Labute approximate surface area is 91.3 Å². The van der Waals surface area contributed by atoms with Crippen molar-refractivity contribution in [1.82, 2.24) is 5.32 Å². The average molecular weight is 249 g/mol. The van der Waals surface area contributed by atoms with E-state index in [1.54, 1.807) is 11.4 Å². The molecule has 0 aliphatic carbocycles. The lowest BCUT2D eigenvalue weighted by Crippen LogP contribution is -2.31. The van der Waals surface area contributed by atoms with Crippen LogP contribution in [0.5, 0.6) is 0 Å². The third-order valence-electron chi connectivity index (χ3n) is 1.57. The smallest absolute Gasteiger partial charge is 0.263 e. The zero-order valence-corrected chi connectivity index (χ0v) is 9.40. The number of amides is 1. The lowest BCUT2D eigenvalue weighted by atomic mass is 10.4. The number of hydrogen-bond donors (Lipinski definition) is 3. The van der Waals surface area contributed by atoms with E-state index in [1.807, 2.05) is 0 Å². The number of carbonyl (C=O) groups excluding carboxylic acids is 1. The minimum atomic E-state index is -3.54. The number of hydrogen-bond acceptors (Lipinski definition) is 5. The molecule has 0 radical (unpaired) electrons. The Bertz CT molecular complexity index is 452. The molecule has 1 aromatic rings. The van der Waals surface area contributed by atoms with E-state index < -0.39 is 10.0 Å². The highest BCUT2D eigenvalue weighted by molar-refractivity contribution is 7.89. The van der Waals surface area contributed by atoms with Crippen LogP contribution in [0.2, 0.25) is 0 Å². The number of rotatable bonds is 4. The quantitative estimate of drug-likeness (QED) is 0.657. The minimum absolute atomic E-state index is 0.0188. The van der Waals surface area contributed by atoms with Gasteiger partial charge in [-0.1, -0.05) is 0 Å². The number of sulfonamides is 1. The Balaban J connectivity index is 2.48. The molecule has 0 aliphatic heterocycles. The average Bonchev–Trinajstić information content (AvgIpc) is 2.48. The van der Waals surface area contributed by atoms with E-state index in [-0.39, 0.29) is 18.2 Å². The van der Waals surface area contributed by atoms with E-state index in [9.17, 15) is 13.2 Å². The molecule has 0 saturated heterocycles. The Morgan fingerprint density at radius 3 is 2.67 bits per heavy atom. The van der Waals surface area contributed by atoms with Gasteiger partial charge in [-0.25, -0.2) is 13.6 Å². The van der Waals surface area contributed by atoms with Crippen molar-refractivity contribution >= 4 is 33.0 Å². The highest BCUT2D eigenvalue weighted by atomic mass is 32.2. The SMILES string of the molecule is Nc1ccsc1C(=O)NCCS(N)(=O)=O. The van der Waals surface area contributed by atoms with Crippen LogP contribution in [0.3, 0.4) is 0 Å². The standard InChI is InChI=1S/C7H11N3O3S2/c8-5-1-3-14-6(5)7(11)10-2-4-15(9,12)13/h1,3H,2,4,8H2,(H,10,11)(H2,9,12,13). The van der Waals surface area contributed by atoms with Gasteiger partial charge < -0.3 is 11.1 Å². The van der Waals surface area contributed by atoms with Gasteiger partial charge in [0, 0.05) is 6.54 Å². The van der Waals surface area contributed by atoms with Gasteiger partial charge in [-0.15, -0.1) is 11.3 Å². The molecule has 1 aromatic heterocycles. The highest BCUT2D eigenvalue weighted by Crippen LogP contribution is 2.17. The van der Waals surface area contributed by atoms with Gasteiger partial charge in [0.2, 0.25) is 10.0 Å². The molecule has 0 fully saturated rings. The largest absolute Gasteiger partial charge is 0.397 e.